The molecule has 1 aliphatic carbocycles. The highest BCUT2D eigenvalue weighted by molar-refractivity contribution is 6.00. The summed E-state index contributed by atoms with van der Waals surface area (Å²) in [5, 5.41) is 3.77. The fourth-order valence-electron chi connectivity index (χ4n) is 6.36. The summed E-state index contributed by atoms with van der Waals surface area (Å²) in [5.41, 5.74) is 12.8. The molecule has 0 bridgehead atoms. The molecule has 5 rings (SSSR count). The normalized spacial score (nSPS) is 29.3. The second-order valence-corrected chi connectivity index (χ2v) is 10.2. The number of piperidine rings is 1. The monoisotopic (exact) mass is 465 g/mol. The van der Waals surface area contributed by atoms with Crippen LogP contribution in [0.25, 0.3) is 10.9 Å². The van der Waals surface area contributed by atoms with Crippen LogP contribution in [0.3, 0.4) is 0 Å². The number of hydrogen-bond acceptors (Lipinski definition) is 4. The Balaban J connectivity index is 1.35. The summed E-state index contributed by atoms with van der Waals surface area (Å²) in [6.45, 7) is 1.01. The largest absolute Gasteiger partial charge is 0.369 e. The number of para-hydroxylation sites is 1. The molecule has 1 spiro atoms. The number of carbonyl (C=O) groups excluding carboxylic acids is 4. The van der Waals surface area contributed by atoms with E-state index < -0.39 is 23.8 Å². The molecule has 2 aromatic rings. The van der Waals surface area contributed by atoms with Crippen molar-refractivity contribution in [2.75, 3.05) is 13.1 Å². The van der Waals surface area contributed by atoms with Gasteiger partial charge in [0.25, 0.3) is 5.91 Å². The molecule has 4 amide bonds. The minimum absolute atomic E-state index is 0.00938. The first-order chi connectivity index (χ1) is 16.2. The van der Waals surface area contributed by atoms with Crippen LogP contribution in [0.1, 0.15) is 42.6 Å². The molecule has 1 aromatic carbocycles. The molecule has 34 heavy (non-hydrogen) atoms. The van der Waals surface area contributed by atoms with Gasteiger partial charge in [0.1, 0.15) is 11.7 Å². The zero-order valence-electron chi connectivity index (χ0n) is 19.3. The zero-order chi connectivity index (χ0) is 24.2. The Kier molecular flexibility index (Phi) is 5.37. The maximum absolute atomic E-state index is 13.5. The number of nitrogens with two attached hydrogens (primary N) is 2. The van der Waals surface area contributed by atoms with Gasteiger partial charge in [0.05, 0.1) is 0 Å². The van der Waals surface area contributed by atoms with E-state index in [9.17, 15) is 19.2 Å². The average molecular weight is 466 g/mol. The van der Waals surface area contributed by atoms with Crippen molar-refractivity contribution in [2.45, 2.75) is 38.1 Å². The Labute approximate surface area is 197 Å². The summed E-state index contributed by atoms with van der Waals surface area (Å²) in [4.78, 5) is 52.0. The SMILES string of the molecule is Cn1c(C(=O)N2CCC3(CC2C(N)=O)CC3[C@H](C[C@H]2CCNC2=O)C(N)=O)cc2ccccc21. The van der Waals surface area contributed by atoms with Crippen molar-refractivity contribution in [2.24, 2.45) is 41.7 Å². The van der Waals surface area contributed by atoms with E-state index in [1.54, 1.807) is 4.90 Å². The van der Waals surface area contributed by atoms with E-state index in [1.807, 2.05) is 41.9 Å². The topological polar surface area (TPSA) is 141 Å². The lowest BCUT2D eigenvalue weighted by Gasteiger charge is -2.39. The van der Waals surface area contributed by atoms with Crippen LogP contribution in [0.4, 0.5) is 0 Å². The summed E-state index contributed by atoms with van der Waals surface area (Å²) in [5.74, 6) is -1.78. The van der Waals surface area contributed by atoms with E-state index in [1.165, 1.54) is 0 Å². The van der Waals surface area contributed by atoms with Gasteiger partial charge < -0.3 is 26.3 Å². The van der Waals surface area contributed by atoms with Gasteiger partial charge in [-0.3, -0.25) is 19.2 Å². The number of aromatic nitrogens is 1. The lowest BCUT2D eigenvalue weighted by Crippen LogP contribution is -2.53. The van der Waals surface area contributed by atoms with Gasteiger partial charge in [-0.25, -0.2) is 0 Å². The third-order valence-corrected chi connectivity index (χ3v) is 8.39. The first-order valence-corrected chi connectivity index (χ1v) is 11.9. The molecule has 5 atom stereocenters. The van der Waals surface area contributed by atoms with E-state index in [0.717, 1.165) is 17.3 Å². The predicted octanol–water partition coefficient (Wildman–Crippen LogP) is 0.902. The number of nitrogens with zero attached hydrogens (tertiary/aromatic N) is 2. The molecule has 9 heteroatoms. The van der Waals surface area contributed by atoms with Crippen LogP contribution >= 0.6 is 0 Å². The van der Waals surface area contributed by atoms with Gasteiger partial charge in [0.15, 0.2) is 0 Å². The summed E-state index contributed by atoms with van der Waals surface area (Å²) in [7, 11) is 1.84. The van der Waals surface area contributed by atoms with E-state index >= 15 is 0 Å². The van der Waals surface area contributed by atoms with Crippen LogP contribution in [0.15, 0.2) is 30.3 Å². The first kappa shape index (κ1) is 22.4. The minimum Gasteiger partial charge on any atom is -0.369 e. The molecule has 0 radical (unpaired) electrons. The number of nitrogens with one attached hydrogen (secondary N) is 1. The average Bonchev–Trinajstić information content (AvgIpc) is 3.14. The molecule has 5 N–H and O–H groups in total. The number of primary amides is 2. The Bertz CT molecular complexity index is 1190. The summed E-state index contributed by atoms with van der Waals surface area (Å²) in [6, 6.07) is 8.84. The first-order valence-electron chi connectivity index (χ1n) is 11.9. The number of rotatable bonds is 6. The highest BCUT2D eigenvalue weighted by atomic mass is 16.2. The molecule has 2 saturated heterocycles. The quantitative estimate of drug-likeness (QED) is 0.583. The van der Waals surface area contributed by atoms with E-state index in [-0.39, 0.29) is 29.1 Å². The molecule has 9 nitrogen and oxygen atoms in total. The van der Waals surface area contributed by atoms with Gasteiger partial charge in [0.2, 0.25) is 17.7 Å². The second kappa shape index (κ2) is 8.14. The molecule has 1 aromatic heterocycles. The Morgan fingerprint density at radius 2 is 1.97 bits per heavy atom. The Hall–Kier alpha value is -3.36. The van der Waals surface area contributed by atoms with Gasteiger partial charge in [-0.2, -0.15) is 0 Å². The number of benzene rings is 1. The van der Waals surface area contributed by atoms with Crippen LogP contribution in [-0.4, -0.2) is 52.2 Å². The Morgan fingerprint density at radius 3 is 2.62 bits per heavy atom. The van der Waals surface area contributed by atoms with Crippen molar-refractivity contribution in [1.29, 1.82) is 0 Å². The Morgan fingerprint density at radius 1 is 1.21 bits per heavy atom. The zero-order valence-corrected chi connectivity index (χ0v) is 19.3. The van der Waals surface area contributed by atoms with E-state index in [4.69, 9.17) is 11.5 Å². The molecule has 2 aliphatic heterocycles. The number of amides is 4. The van der Waals surface area contributed by atoms with Crippen LogP contribution in [0.5, 0.6) is 0 Å². The molecule has 3 aliphatic rings. The standard InChI is InChI=1S/C25H31N5O4/c1-29-18-5-3-2-4-14(18)11-19(29)24(34)30-9-7-25(13-20(30)22(27)32)12-17(25)16(21(26)31)10-15-6-8-28-23(15)33/h2-5,11,15-17,20H,6-10,12-13H2,1H3,(H2,26,31)(H2,27,32)(H,28,33)/t15-,16+,17?,20?,25?/m1/s1. The fraction of sp³-hybridized carbons (Fsp3) is 0.520. The van der Waals surface area contributed by atoms with Crippen molar-refractivity contribution >= 4 is 34.5 Å². The lowest BCUT2D eigenvalue weighted by molar-refractivity contribution is -0.126. The van der Waals surface area contributed by atoms with Crippen LogP contribution in [0.2, 0.25) is 0 Å². The van der Waals surface area contributed by atoms with Crippen molar-refractivity contribution in [1.82, 2.24) is 14.8 Å². The number of carbonyl (C=O) groups is 4. The van der Waals surface area contributed by atoms with E-state index in [2.05, 4.69) is 5.32 Å². The highest BCUT2D eigenvalue weighted by Crippen LogP contribution is 2.64. The molecule has 3 heterocycles. The van der Waals surface area contributed by atoms with Crippen molar-refractivity contribution < 1.29 is 19.2 Å². The number of hydrogen-bond donors (Lipinski definition) is 3. The van der Waals surface area contributed by atoms with Gasteiger partial charge >= 0.3 is 0 Å². The number of likely N-dealkylation sites (tertiary alicyclic amines) is 1. The van der Waals surface area contributed by atoms with Gasteiger partial charge in [-0.15, -0.1) is 0 Å². The molecule has 3 unspecified atom stereocenters. The number of fused-ring (bicyclic) bond motifs is 1. The third kappa shape index (κ3) is 3.63. The molecular formula is C25H31N5O4. The molecular weight excluding hydrogens is 434 g/mol. The van der Waals surface area contributed by atoms with Gasteiger partial charge in [0, 0.05) is 42.9 Å². The second-order valence-electron chi connectivity index (χ2n) is 10.2. The maximum Gasteiger partial charge on any atom is 0.271 e. The molecule has 1 saturated carbocycles. The summed E-state index contributed by atoms with van der Waals surface area (Å²) in [6.07, 6.45) is 3.00. The minimum atomic E-state index is -0.743. The van der Waals surface area contributed by atoms with Gasteiger partial charge in [-0.1, -0.05) is 18.2 Å². The molecule has 3 fully saturated rings. The highest BCUT2D eigenvalue weighted by Gasteiger charge is 2.62. The van der Waals surface area contributed by atoms with Crippen molar-refractivity contribution in [3.05, 3.63) is 36.0 Å². The fourth-order valence-corrected chi connectivity index (χ4v) is 6.36. The summed E-state index contributed by atoms with van der Waals surface area (Å²) < 4.78 is 1.84. The van der Waals surface area contributed by atoms with Crippen molar-refractivity contribution in [3.8, 4) is 0 Å². The third-order valence-electron chi connectivity index (χ3n) is 8.39. The van der Waals surface area contributed by atoms with Crippen LogP contribution in [0, 0.1) is 23.2 Å². The maximum atomic E-state index is 13.5. The molecule has 180 valence electrons. The predicted molar refractivity (Wildman–Crippen MR) is 125 cm³/mol. The van der Waals surface area contributed by atoms with E-state index in [0.29, 0.717) is 44.5 Å². The smallest absolute Gasteiger partial charge is 0.271 e. The van der Waals surface area contributed by atoms with Gasteiger partial charge in [-0.05, 0) is 55.6 Å². The lowest BCUT2D eigenvalue weighted by atomic mass is 9.79. The van der Waals surface area contributed by atoms with Crippen LogP contribution < -0.4 is 16.8 Å². The van der Waals surface area contributed by atoms with Crippen LogP contribution in [-0.2, 0) is 21.4 Å². The number of aryl methyl sites for hydroxylation is 1. The van der Waals surface area contributed by atoms with Crippen molar-refractivity contribution in [3.63, 3.8) is 0 Å². The summed E-state index contributed by atoms with van der Waals surface area (Å²) >= 11 is 0.